The number of aromatic hydroxyl groups is 1. The van der Waals surface area contributed by atoms with Gasteiger partial charge in [0, 0.05) is 36.8 Å². The van der Waals surface area contributed by atoms with Crippen molar-refractivity contribution in [1.82, 2.24) is 20.1 Å². The van der Waals surface area contributed by atoms with E-state index in [0.717, 1.165) is 36.6 Å². The van der Waals surface area contributed by atoms with Crippen LogP contribution in [0.25, 0.3) is 17.1 Å². The first kappa shape index (κ1) is 13.0. The summed E-state index contributed by atoms with van der Waals surface area (Å²) in [5, 5.41) is 17.7. The van der Waals surface area contributed by atoms with E-state index < -0.39 is 0 Å². The smallest absolute Gasteiger partial charge is 0.153 e. The van der Waals surface area contributed by atoms with Crippen LogP contribution in [0.4, 0.5) is 0 Å². The van der Waals surface area contributed by atoms with Gasteiger partial charge in [-0.15, -0.1) is 0 Å². The average molecular weight is 292 g/mol. The Hall–Kier alpha value is -2.66. The highest BCUT2D eigenvalue weighted by molar-refractivity contribution is 5.66. The zero-order valence-corrected chi connectivity index (χ0v) is 12.0. The summed E-state index contributed by atoms with van der Waals surface area (Å²) >= 11 is 0. The third-order valence-electron chi connectivity index (χ3n) is 3.94. The SMILES string of the molecule is Oc1ccc(-c2nn(-c3ccccn3)c3c2CNCC3)cc1. The van der Waals surface area contributed by atoms with E-state index in [9.17, 15) is 5.11 Å². The zero-order chi connectivity index (χ0) is 14.9. The number of benzene rings is 1. The number of fused-ring (bicyclic) bond motifs is 1. The molecule has 0 unspecified atom stereocenters. The van der Waals surface area contributed by atoms with Crippen LogP contribution in [0.2, 0.25) is 0 Å². The lowest BCUT2D eigenvalue weighted by Crippen LogP contribution is -2.24. The van der Waals surface area contributed by atoms with E-state index >= 15 is 0 Å². The van der Waals surface area contributed by atoms with Crippen molar-refractivity contribution in [2.45, 2.75) is 13.0 Å². The van der Waals surface area contributed by atoms with Gasteiger partial charge in [-0.25, -0.2) is 9.67 Å². The van der Waals surface area contributed by atoms with E-state index in [4.69, 9.17) is 5.10 Å². The maximum atomic E-state index is 9.48. The molecule has 2 N–H and O–H groups in total. The number of nitrogens with one attached hydrogen (secondary N) is 1. The zero-order valence-electron chi connectivity index (χ0n) is 12.0. The van der Waals surface area contributed by atoms with Crippen LogP contribution in [-0.2, 0) is 13.0 Å². The molecule has 0 fully saturated rings. The molecule has 0 amide bonds. The van der Waals surface area contributed by atoms with Crippen molar-refractivity contribution in [1.29, 1.82) is 0 Å². The summed E-state index contributed by atoms with van der Waals surface area (Å²) < 4.78 is 1.94. The highest BCUT2D eigenvalue weighted by atomic mass is 16.3. The maximum Gasteiger partial charge on any atom is 0.153 e. The Kier molecular flexibility index (Phi) is 3.12. The van der Waals surface area contributed by atoms with Gasteiger partial charge in [0.1, 0.15) is 5.75 Å². The Morgan fingerprint density at radius 3 is 2.73 bits per heavy atom. The number of pyridine rings is 1. The van der Waals surface area contributed by atoms with E-state index in [0.29, 0.717) is 0 Å². The molecule has 0 bridgehead atoms. The first-order chi connectivity index (χ1) is 10.8. The van der Waals surface area contributed by atoms with Gasteiger partial charge in [-0.05, 0) is 36.4 Å². The second kappa shape index (κ2) is 5.27. The highest BCUT2D eigenvalue weighted by Gasteiger charge is 2.22. The summed E-state index contributed by atoms with van der Waals surface area (Å²) in [5.41, 5.74) is 4.38. The predicted molar refractivity (Wildman–Crippen MR) is 83.9 cm³/mol. The summed E-state index contributed by atoms with van der Waals surface area (Å²) in [6.45, 7) is 1.75. The molecular weight excluding hydrogens is 276 g/mol. The van der Waals surface area contributed by atoms with E-state index in [-0.39, 0.29) is 5.75 Å². The standard InChI is InChI=1S/C17H16N4O/c22-13-6-4-12(5-7-13)17-14-11-18-10-8-15(14)21(20-17)16-3-1-2-9-19-16/h1-7,9,18,22H,8,10-11H2. The van der Waals surface area contributed by atoms with E-state index in [2.05, 4.69) is 10.3 Å². The minimum atomic E-state index is 0.264. The Morgan fingerprint density at radius 1 is 1.09 bits per heavy atom. The van der Waals surface area contributed by atoms with Crippen LogP contribution in [0.1, 0.15) is 11.3 Å². The van der Waals surface area contributed by atoms with Gasteiger partial charge in [-0.2, -0.15) is 5.10 Å². The van der Waals surface area contributed by atoms with Crippen LogP contribution in [0.3, 0.4) is 0 Å². The molecule has 0 spiro atoms. The van der Waals surface area contributed by atoms with E-state index in [1.807, 2.05) is 35.0 Å². The number of phenolic OH excluding ortho intramolecular Hbond substituents is 1. The Labute approximate surface area is 128 Å². The van der Waals surface area contributed by atoms with Crippen molar-refractivity contribution < 1.29 is 5.11 Å². The molecule has 3 aromatic rings. The van der Waals surface area contributed by atoms with Gasteiger partial charge in [-0.1, -0.05) is 6.07 Å². The molecule has 0 saturated carbocycles. The molecule has 3 heterocycles. The fraction of sp³-hybridized carbons (Fsp3) is 0.176. The Balaban J connectivity index is 1.89. The maximum absolute atomic E-state index is 9.48. The molecule has 5 heteroatoms. The van der Waals surface area contributed by atoms with Crippen LogP contribution in [0.5, 0.6) is 5.75 Å². The minimum absolute atomic E-state index is 0.264. The monoisotopic (exact) mass is 292 g/mol. The molecule has 1 aliphatic heterocycles. The topological polar surface area (TPSA) is 63.0 Å². The quantitative estimate of drug-likeness (QED) is 0.760. The van der Waals surface area contributed by atoms with Gasteiger partial charge < -0.3 is 10.4 Å². The van der Waals surface area contributed by atoms with Crippen LogP contribution in [0.15, 0.2) is 48.7 Å². The highest BCUT2D eigenvalue weighted by Crippen LogP contribution is 2.30. The summed E-state index contributed by atoms with van der Waals surface area (Å²) in [6, 6.07) is 13.0. The van der Waals surface area contributed by atoms with Gasteiger partial charge in [0.15, 0.2) is 5.82 Å². The third kappa shape index (κ3) is 2.16. The molecule has 1 aliphatic rings. The number of hydrogen-bond donors (Lipinski definition) is 2. The largest absolute Gasteiger partial charge is 0.508 e. The first-order valence-corrected chi connectivity index (χ1v) is 7.35. The van der Waals surface area contributed by atoms with Crippen LogP contribution in [-0.4, -0.2) is 26.4 Å². The lowest BCUT2D eigenvalue weighted by molar-refractivity contribution is 0.475. The molecule has 4 rings (SSSR count). The van der Waals surface area contributed by atoms with Gasteiger partial charge in [0.2, 0.25) is 0 Å². The Morgan fingerprint density at radius 2 is 1.95 bits per heavy atom. The normalized spacial score (nSPS) is 13.8. The lowest BCUT2D eigenvalue weighted by Gasteiger charge is -2.15. The van der Waals surface area contributed by atoms with Crippen molar-refractivity contribution in [2.24, 2.45) is 0 Å². The molecule has 110 valence electrons. The van der Waals surface area contributed by atoms with E-state index in [1.165, 1.54) is 11.3 Å². The average Bonchev–Trinajstić information content (AvgIpc) is 2.96. The fourth-order valence-corrected chi connectivity index (χ4v) is 2.87. The van der Waals surface area contributed by atoms with Gasteiger partial charge in [0.05, 0.1) is 11.4 Å². The molecule has 0 saturated heterocycles. The van der Waals surface area contributed by atoms with Gasteiger partial charge >= 0.3 is 0 Å². The van der Waals surface area contributed by atoms with Crippen LogP contribution in [0, 0.1) is 0 Å². The van der Waals surface area contributed by atoms with Crippen molar-refractivity contribution in [3.05, 3.63) is 59.9 Å². The van der Waals surface area contributed by atoms with Crippen molar-refractivity contribution >= 4 is 0 Å². The van der Waals surface area contributed by atoms with E-state index in [1.54, 1.807) is 18.3 Å². The second-order valence-electron chi connectivity index (χ2n) is 5.35. The number of hydrogen-bond acceptors (Lipinski definition) is 4. The molecule has 2 aromatic heterocycles. The molecule has 0 atom stereocenters. The Bertz CT molecular complexity index is 794. The van der Waals surface area contributed by atoms with Gasteiger partial charge in [0.25, 0.3) is 0 Å². The first-order valence-electron chi connectivity index (χ1n) is 7.35. The molecular formula is C17H16N4O. The number of aromatic nitrogens is 3. The minimum Gasteiger partial charge on any atom is -0.508 e. The third-order valence-corrected chi connectivity index (χ3v) is 3.94. The second-order valence-corrected chi connectivity index (χ2v) is 5.35. The number of phenols is 1. The summed E-state index contributed by atoms with van der Waals surface area (Å²) in [6.07, 6.45) is 2.71. The lowest BCUT2D eigenvalue weighted by atomic mass is 10.0. The molecule has 1 aromatic carbocycles. The number of rotatable bonds is 2. The van der Waals surface area contributed by atoms with Crippen molar-refractivity contribution in [3.8, 4) is 22.8 Å². The number of nitrogens with zero attached hydrogens (tertiary/aromatic N) is 3. The summed E-state index contributed by atoms with van der Waals surface area (Å²) in [7, 11) is 0. The summed E-state index contributed by atoms with van der Waals surface area (Å²) in [5.74, 6) is 1.10. The molecule has 0 aliphatic carbocycles. The fourth-order valence-electron chi connectivity index (χ4n) is 2.87. The van der Waals surface area contributed by atoms with Crippen LogP contribution >= 0.6 is 0 Å². The van der Waals surface area contributed by atoms with Crippen molar-refractivity contribution in [2.75, 3.05) is 6.54 Å². The van der Waals surface area contributed by atoms with Gasteiger partial charge in [-0.3, -0.25) is 0 Å². The molecule has 22 heavy (non-hydrogen) atoms. The molecule has 0 radical (unpaired) electrons. The van der Waals surface area contributed by atoms with Crippen molar-refractivity contribution in [3.63, 3.8) is 0 Å². The summed E-state index contributed by atoms with van der Waals surface area (Å²) in [4.78, 5) is 4.42. The predicted octanol–water partition coefficient (Wildman–Crippen LogP) is 2.29. The van der Waals surface area contributed by atoms with Crippen LogP contribution < -0.4 is 5.32 Å². The molecule has 5 nitrogen and oxygen atoms in total.